The number of rotatable bonds is 4. The van der Waals surface area contributed by atoms with Crippen LogP contribution in [0.3, 0.4) is 0 Å². The summed E-state index contributed by atoms with van der Waals surface area (Å²) >= 11 is 3.45. The number of hydrazine groups is 1. The zero-order valence-electron chi connectivity index (χ0n) is 12.4. The molecule has 6 heteroatoms. The third-order valence-electron chi connectivity index (χ3n) is 3.91. The van der Waals surface area contributed by atoms with Gasteiger partial charge in [0.25, 0.3) is 0 Å². The first-order valence-electron chi connectivity index (χ1n) is 7.39. The molecule has 0 bridgehead atoms. The van der Waals surface area contributed by atoms with E-state index in [4.69, 9.17) is 0 Å². The molecule has 0 aromatic heterocycles. The van der Waals surface area contributed by atoms with Gasteiger partial charge in [-0.05, 0) is 35.4 Å². The summed E-state index contributed by atoms with van der Waals surface area (Å²) in [4.78, 5) is 12.5. The predicted octanol–water partition coefficient (Wildman–Crippen LogP) is 2.67. The lowest BCUT2D eigenvalue weighted by Crippen LogP contribution is -2.34. The molecule has 2 aromatic carbocycles. The fourth-order valence-electron chi connectivity index (χ4n) is 2.68. The standard InChI is InChI=1S/C17H17BrFN3O/c18-13-3-1-2-12(8-13)16-15(10-21-22-16)17(23)20-9-11-4-6-14(19)7-5-11/h1-8,15-16,21-22H,9-10H2,(H,20,23). The number of hydrogen-bond acceptors (Lipinski definition) is 3. The van der Waals surface area contributed by atoms with Crippen LogP contribution in [0.15, 0.2) is 53.0 Å². The largest absolute Gasteiger partial charge is 0.352 e. The topological polar surface area (TPSA) is 53.2 Å². The van der Waals surface area contributed by atoms with Crippen LogP contribution in [-0.2, 0) is 11.3 Å². The van der Waals surface area contributed by atoms with Gasteiger partial charge < -0.3 is 5.32 Å². The van der Waals surface area contributed by atoms with Crippen LogP contribution in [-0.4, -0.2) is 12.5 Å². The molecule has 120 valence electrons. The molecule has 4 nitrogen and oxygen atoms in total. The van der Waals surface area contributed by atoms with E-state index in [1.807, 2.05) is 24.3 Å². The smallest absolute Gasteiger partial charge is 0.226 e. The second-order valence-corrected chi connectivity index (χ2v) is 6.42. The molecule has 1 heterocycles. The Labute approximate surface area is 142 Å². The van der Waals surface area contributed by atoms with Gasteiger partial charge in [0.15, 0.2) is 0 Å². The van der Waals surface area contributed by atoms with Crippen LogP contribution in [0.1, 0.15) is 17.2 Å². The van der Waals surface area contributed by atoms with Crippen molar-refractivity contribution < 1.29 is 9.18 Å². The van der Waals surface area contributed by atoms with Crippen LogP contribution in [0.5, 0.6) is 0 Å². The van der Waals surface area contributed by atoms with Crippen molar-refractivity contribution in [1.82, 2.24) is 16.2 Å². The Morgan fingerprint density at radius 1 is 1.26 bits per heavy atom. The van der Waals surface area contributed by atoms with E-state index in [2.05, 4.69) is 32.1 Å². The number of benzene rings is 2. The molecule has 3 N–H and O–H groups in total. The highest BCUT2D eigenvalue weighted by Gasteiger charge is 2.33. The van der Waals surface area contributed by atoms with Crippen LogP contribution >= 0.6 is 15.9 Å². The lowest BCUT2D eigenvalue weighted by Gasteiger charge is -2.18. The minimum absolute atomic E-state index is 0.0307. The quantitative estimate of drug-likeness (QED) is 0.767. The Balaban J connectivity index is 1.65. The van der Waals surface area contributed by atoms with Gasteiger partial charge in [-0.15, -0.1) is 0 Å². The molecule has 3 rings (SSSR count). The highest BCUT2D eigenvalue weighted by molar-refractivity contribution is 9.10. The molecular weight excluding hydrogens is 361 g/mol. The highest BCUT2D eigenvalue weighted by atomic mass is 79.9. The number of carbonyl (C=O) groups excluding carboxylic acids is 1. The summed E-state index contributed by atoms with van der Waals surface area (Å²) in [6.07, 6.45) is 0. The van der Waals surface area contributed by atoms with E-state index < -0.39 is 0 Å². The van der Waals surface area contributed by atoms with Crippen molar-refractivity contribution in [2.75, 3.05) is 6.54 Å². The first-order chi connectivity index (χ1) is 11.1. The highest BCUT2D eigenvalue weighted by Crippen LogP contribution is 2.27. The van der Waals surface area contributed by atoms with Crippen LogP contribution < -0.4 is 16.2 Å². The van der Waals surface area contributed by atoms with Gasteiger partial charge in [0.2, 0.25) is 5.91 Å². The van der Waals surface area contributed by atoms with Crippen molar-refractivity contribution >= 4 is 21.8 Å². The minimum Gasteiger partial charge on any atom is -0.352 e. The molecule has 0 saturated carbocycles. The Morgan fingerprint density at radius 2 is 2.04 bits per heavy atom. The molecule has 2 atom stereocenters. The SMILES string of the molecule is O=C(NCc1ccc(F)cc1)C1CNNC1c1cccc(Br)c1. The Morgan fingerprint density at radius 3 is 2.78 bits per heavy atom. The van der Waals surface area contributed by atoms with E-state index in [-0.39, 0.29) is 23.7 Å². The molecule has 1 saturated heterocycles. The van der Waals surface area contributed by atoms with Crippen LogP contribution in [0.2, 0.25) is 0 Å². The number of nitrogens with one attached hydrogen (secondary N) is 3. The predicted molar refractivity (Wildman–Crippen MR) is 89.8 cm³/mol. The van der Waals surface area contributed by atoms with Crippen molar-refractivity contribution in [2.24, 2.45) is 5.92 Å². The Kier molecular flexibility index (Phi) is 5.05. The second kappa shape index (κ2) is 7.21. The number of hydrogen-bond donors (Lipinski definition) is 3. The monoisotopic (exact) mass is 377 g/mol. The lowest BCUT2D eigenvalue weighted by molar-refractivity contribution is -0.125. The summed E-state index contributed by atoms with van der Waals surface area (Å²) in [5, 5.41) is 2.92. The molecule has 1 amide bonds. The molecule has 2 unspecified atom stereocenters. The average Bonchev–Trinajstić information content (AvgIpc) is 3.04. The summed E-state index contributed by atoms with van der Waals surface area (Å²) in [6, 6.07) is 14.0. The zero-order valence-corrected chi connectivity index (χ0v) is 13.9. The third kappa shape index (κ3) is 3.96. The molecular formula is C17H17BrFN3O. The number of halogens is 2. The maximum atomic E-state index is 12.9. The number of carbonyl (C=O) groups is 1. The maximum absolute atomic E-state index is 12.9. The molecule has 1 fully saturated rings. The summed E-state index contributed by atoms with van der Waals surface area (Å²) in [7, 11) is 0. The van der Waals surface area contributed by atoms with Crippen molar-refractivity contribution in [1.29, 1.82) is 0 Å². The maximum Gasteiger partial charge on any atom is 0.226 e. The number of amides is 1. The zero-order chi connectivity index (χ0) is 16.2. The van der Waals surface area contributed by atoms with E-state index in [0.29, 0.717) is 13.1 Å². The van der Waals surface area contributed by atoms with Gasteiger partial charge in [0.1, 0.15) is 5.82 Å². The summed E-state index contributed by atoms with van der Waals surface area (Å²) < 4.78 is 13.9. The van der Waals surface area contributed by atoms with E-state index in [1.165, 1.54) is 12.1 Å². The van der Waals surface area contributed by atoms with Crippen LogP contribution in [0.25, 0.3) is 0 Å². The van der Waals surface area contributed by atoms with Crippen LogP contribution in [0.4, 0.5) is 4.39 Å². The van der Waals surface area contributed by atoms with Gasteiger partial charge in [-0.1, -0.05) is 40.2 Å². The van der Waals surface area contributed by atoms with Crippen LogP contribution in [0, 0.1) is 11.7 Å². The van der Waals surface area contributed by atoms with Gasteiger partial charge in [-0.2, -0.15) is 0 Å². The molecule has 1 aliphatic rings. The van der Waals surface area contributed by atoms with Crippen molar-refractivity contribution in [2.45, 2.75) is 12.6 Å². The van der Waals surface area contributed by atoms with Crippen molar-refractivity contribution in [3.63, 3.8) is 0 Å². The second-order valence-electron chi connectivity index (χ2n) is 5.51. The van der Waals surface area contributed by atoms with Gasteiger partial charge in [0, 0.05) is 17.6 Å². The van der Waals surface area contributed by atoms with Gasteiger partial charge in [0.05, 0.1) is 12.0 Å². The normalized spacial score (nSPS) is 20.4. The first kappa shape index (κ1) is 16.1. The fraction of sp³-hybridized carbons (Fsp3) is 0.235. The Hall–Kier alpha value is -1.76. The van der Waals surface area contributed by atoms with Crippen molar-refractivity contribution in [3.05, 3.63) is 69.9 Å². The molecule has 0 aliphatic carbocycles. The molecule has 1 aliphatic heterocycles. The lowest BCUT2D eigenvalue weighted by atomic mass is 9.94. The van der Waals surface area contributed by atoms with Crippen molar-refractivity contribution in [3.8, 4) is 0 Å². The third-order valence-corrected chi connectivity index (χ3v) is 4.40. The molecule has 0 spiro atoms. The fourth-order valence-corrected chi connectivity index (χ4v) is 3.10. The Bertz CT molecular complexity index is 692. The molecule has 23 heavy (non-hydrogen) atoms. The summed E-state index contributed by atoms with van der Waals surface area (Å²) in [5.74, 6) is -0.513. The summed E-state index contributed by atoms with van der Waals surface area (Å²) in [5.41, 5.74) is 8.13. The first-order valence-corrected chi connectivity index (χ1v) is 8.19. The van der Waals surface area contributed by atoms with E-state index >= 15 is 0 Å². The van der Waals surface area contributed by atoms with E-state index in [1.54, 1.807) is 12.1 Å². The van der Waals surface area contributed by atoms with Gasteiger partial charge >= 0.3 is 0 Å². The van der Waals surface area contributed by atoms with E-state index in [9.17, 15) is 9.18 Å². The van der Waals surface area contributed by atoms with Gasteiger partial charge in [-0.25, -0.2) is 9.82 Å². The van der Waals surface area contributed by atoms with Gasteiger partial charge in [-0.3, -0.25) is 10.2 Å². The molecule has 0 radical (unpaired) electrons. The summed E-state index contributed by atoms with van der Waals surface area (Å²) in [6.45, 7) is 0.952. The average molecular weight is 378 g/mol. The van der Waals surface area contributed by atoms with E-state index in [0.717, 1.165) is 15.6 Å². The minimum atomic E-state index is -0.279. The molecule has 2 aromatic rings.